The number of aryl methyl sites for hydroxylation is 1. The molecule has 5 aromatic rings. The lowest BCUT2D eigenvalue weighted by molar-refractivity contribution is -0.133. The number of aliphatic hydroxyl groups excluding tert-OH is 1. The smallest absolute Gasteiger partial charge is 0.260 e. The maximum Gasteiger partial charge on any atom is 0.260 e. The number of fused-ring (bicyclic) bond motifs is 2. The Balaban J connectivity index is 0.00000240. The van der Waals surface area contributed by atoms with E-state index in [2.05, 4.69) is 34.5 Å². The van der Waals surface area contributed by atoms with Crippen molar-refractivity contribution in [2.75, 3.05) is 50.8 Å². The van der Waals surface area contributed by atoms with Gasteiger partial charge in [0.1, 0.15) is 16.5 Å². The number of hydrogen-bond donors (Lipinski definition) is 3. The number of carbonyl (C=O) groups is 1. The van der Waals surface area contributed by atoms with Gasteiger partial charge in [0.2, 0.25) is 0 Å². The van der Waals surface area contributed by atoms with E-state index in [0.717, 1.165) is 73.1 Å². The molecule has 11 nitrogen and oxygen atoms in total. The van der Waals surface area contributed by atoms with E-state index in [1.165, 1.54) is 22.9 Å². The Labute approximate surface area is 330 Å². The van der Waals surface area contributed by atoms with Crippen molar-refractivity contribution in [3.63, 3.8) is 0 Å². The number of nitrogens with zero attached hydrogens (tertiary/aromatic N) is 6. The number of ether oxygens (including phenoxy) is 1. The van der Waals surface area contributed by atoms with Gasteiger partial charge in [0, 0.05) is 68.2 Å². The first-order valence-corrected chi connectivity index (χ1v) is 18.6. The zero-order valence-electron chi connectivity index (χ0n) is 29.3. The zero-order valence-corrected chi connectivity index (χ0v) is 32.5. The quantitative estimate of drug-likeness (QED) is 0.175. The second kappa shape index (κ2) is 16.4. The molecule has 5 heterocycles. The van der Waals surface area contributed by atoms with Gasteiger partial charge in [0.05, 0.1) is 23.0 Å². The van der Waals surface area contributed by atoms with Gasteiger partial charge in [-0.2, -0.15) is 0 Å². The van der Waals surface area contributed by atoms with E-state index >= 15 is 0 Å². The number of rotatable bonds is 8. The molecular weight excluding hydrogens is 755 g/mol. The number of aliphatic hydroxyl groups is 1. The summed E-state index contributed by atoms with van der Waals surface area (Å²) in [4.78, 5) is 32.1. The number of benzene rings is 2. The topological polar surface area (TPSA) is 134 Å². The fraction of sp³-hybridized carbons (Fsp3) is 0.368. The number of amides is 1. The van der Waals surface area contributed by atoms with Crippen molar-refractivity contribution in [1.82, 2.24) is 29.6 Å². The largest absolute Gasteiger partial charge is 0.484 e. The molecule has 0 radical (unpaired) electrons. The summed E-state index contributed by atoms with van der Waals surface area (Å²) >= 11 is 8.37. The monoisotopic (exact) mass is 796 g/mol. The Morgan fingerprint density at radius 2 is 1.77 bits per heavy atom. The molecule has 1 amide bonds. The molecule has 0 bridgehead atoms. The van der Waals surface area contributed by atoms with Gasteiger partial charge in [-0.1, -0.05) is 47.6 Å². The van der Waals surface area contributed by atoms with E-state index in [0.29, 0.717) is 40.2 Å². The molecule has 3 aromatic heterocycles. The van der Waals surface area contributed by atoms with Crippen molar-refractivity contribution in [1.29, 1.82) is 0 Å². The number of piperidine rings is 1. The molecule has 2 fully saturated rings. The van der Waals surface area contributed by atoms with Crippen molar-refractivity contribution in [2.24, 2.45) is 11.1 Å². The number of aromatic nitrogens is 4. The molecule has 8 rings (SSSR count). The van der Waals surface area contributed by atoms with Gasteiger partial charge >= 0.3 is 0 Å². The van der Waals surface area contributed by atoms with Crippen LogP contribution < -0.4 is 20.7 Å². The molecule has 2 saturated heterocycles. The molecule has 280 valence electrons. The van der Waals surface area contributed by atoms with Gasteiger partial charge in [-0.25, -0.2) is 15.0 Å². The van der Waals surface area contributed by atoms with Crippen LogP contribution in [0, 0.1) is 12.3 Å². The summed E-state index contributed by atoms with van der Waals surface area (Å²) in [5, 5.41) is 14.8. The Bertz CT molecular complexity index is 2090. The van der Waals surface area contributed by atoms with Gasteiger partial charge in [0.25, 0.3) is 5.91 Å². The summed E-state index contributed by atoms with van der Waals surface area (Å²) in [6.07, 6.45) is 6.80. The lowest BCUT2D eigenvalue weighted by Gasteiger charge is -2.43. The summed E-state index contributed by atoms with van der Waals surface area (Å²) in [6.45, 7) is 6.39. The highest BCUT2D eigenvalue weighted by Gasteiger charge is 2.46. The second-order valence-corrected chi connectivity index (χ2v) is 15.1. The number of nitrogens with one attached hydrogen (secondary N) is 1. The average Bonchev–Trinajstić information content (AvgIpc) is 3.72. The molecule has 1 atom stereocenters. The highest BCUT2D eigenvalue weighted by atomic mass is 35.5. The first-order valence-electron chi connectivity index (χ1n) is 17.5. The molecule has 2 aromatic carbocycles. The number of carbonyl (C=O) groups excluding carboxylic acids is 1. The summed E-state index contributed by atoms with van der Waals surface area (Å²) < 4.78 is 7.67. The van der Waals surface area contributed by atoms with Crippen LogP contribution in [0.4, 0.5) is 5.82 Å². The van der Waals surface area contributed by atoms with Crippen LogP contribution in [0.25, 0.3) is 16.9 Å². The predicted octanol–water partition coefficient (Wildman–Crippen LogP) is 5.89. The van der Waals surface area contributed by atoms with Crippen molar-refractivity contribution in [3.8, 4) is 17.0 Å². The molecule has 0 unspecified atom stereocenters. The standard InChI is InChI=1S/C38H41ClN8O3S.2ClH/c1-24-37(44-30(22-48)35(42-24)46-16-11-38(12-17-46)20-26-4-2-3-5-28(26)34(38)40)51-31-10-15-47-21-29(43-36(47)33(31)39)25-6-8-27(9-7-25)50-23-32(49)45-18-13-41-14-19-45;;/h2-10,15,21,34,41,48H,11-14,16-20,22-23,40H2,1H3;2*1H/t34-;;/m1../s1. The summed E-state index contributed by atoms with van der Waals surface area (Å²) in [5.41, 5.74) is 13.1. The van der Waals surface area contributed by atoms with Crippen LogP contribution in [-0.2, 0) is 17.8 Å². The number of halogens is 3. The summed E-state index contributed by atoms with van der Waals surface area (Å²) in [6, 6.07) is 18.1. The average molecular weight is 798 g/mol. The number of imidazole rings is 1. The third-order valence-corrected chi connectivity index (χ3v) is 12.2. The fourth-order valence-corrected chi connectivity index (χ4v) is 8.83. The maximum absolute atomic E-state index is 12.5. The number of pyridine rings is 1. The van der Waals surface area contributed by atoms with Crippen LogP contribution >= 0.6 is 48.2 Å². The highest BCUT2D eigenvalue weighted by molar-refractivity contribution is 7.99. The van der Waals surface area contributed by atoms with E-state index < -0.39 is 0 Å². The molecular formula is C38H43Cl3N8O3S. The summed E-state index contributed by atoms with van der Waals surface area (Å²) in [5.74, 6) is 1.35. The number of anilines is 1. The van der Waals surface area contributed by atoms with E-state index in [1.54, 1.807) is 0 Å². The number of piperazine rings is 1. The minimum Gasteiger partial charge on any atom is -0.484 e. The Morgan fingerprint density at radius 1 is 1.04 bits per heavy atom. The van der Waals surface area contributed by atoms with Crippen molar-refractivity contribution in [2.45, 2.75) is 48.8 Å². The predicted molar refractivity (Wildman–Crippen MR) is 213 cm³/mol. The Morgan fingerprint density at radius 3 is 2.49 bits per heavy atom. The first-order chi connectivity index (χ1) is 24.8. The van der Waals surface area contributed by atoms with E-state index in [4.69, 9.17) is 37.0 Å². The SMILES string of the molecule is Cc1nc(N2CCC3(CC2)Cc2ccccc2[C@H]3N)c(CO)nc1Sc1ccn2cc(-c3ccc(OCC(=O)N4CCNCC4)cc3)nc2c1Cl.Cl.Cl. The molecule has 3 aliphatic rings. The highest BCUT2D eigenvalue weighted by Crippen LogP contribution is 2.51. The fourth-order valence-electron chi connectivity index (χ4n) is 7.65. The lowest BCUT2D eigenvalue weighted by Crippen LogP contribution is -2.47. The van der Waals surface area contributed by atoms with Crippen LogP contribution in [0.15, 0.2) is 76.9 Å². The van der Waals surface area contributed by atoms with E-state index in [-0.39, 0.29) is 55.4 Å². The number of nitrogens with two attached hydrogens (primary N) is 1. The zero-order chi connectivity index (χ0) is 35.1. The van der Waals surface area contributed by atoms with Gasteiger partial charge in [-0.05, 0) is 73.1 Å². The third kappa shape index (κ3) is 7.68. The van der Waals surface area contributed by atoms with Crippen molar-refractivity contribution < 1.29 is 14.6 Å². The van der Waals surface area contributed by atoms with E-state index in [1.807, 2.05) is 58.9 Å². The number of hydrogen-bond acceptors (Lipinski definition) is 10. The van der Waals surface area contributed by atoms with Gasteiger partial charge in [-0.3, -0.25) is 4.79 Å². The maximum atomic E-state index is 12.5. The third-order valence-electron chi connectivity index (χ3n) is 10.6. The van der Waals surface area contributed by atoms with Crippen LogP contribution in [-0.4, -0.2) is 81.1 Å². The Kier molecular flexibility index (Phi) is 12.1. The van der Waals surface area contributed by atoms with Gasteiger partial charge < -0.3 is 35.1 Å². The van der Waals surface area contributed by atoms with E-state index in [9.17, 15) is 9.90 Å². The Hall–Kier alpha value is -3.62. The van der Waals surface area contributed by atoms with Gasteiger partial charge in [0.15, 0.2) is 18.1 Å². The normalized spacial score (nSPS) is 17.7. The molecule has 4 N–H and O–H groups in total. The van der Waals surface area contributed by atoms with Gasteiger partial charge in [-0.15, -0.1) is 24.8 Å². The summed E-state index contributed by atoms with van der Waals surface area (Å²) in [7, 11) is 0. The molecule has 2 aliphatic heterocycles. The molecule has 15 heteroatoms. The van der Waals surface area contributed by atoms with Crippen LogP contribution in [0.1, 0.15) is 41.4 Å². The minimum absolute atomic E-state index is 0. The molecule has 0 saturated carbocycles. The van der Waals surface area contributed by atoms with Crippen LogP contribution in [0.3, 0.4) is 0 Å². The first kappa shape index (κ1) is 39.1. The molecule has 53 heavy (non-hydrogen) atoms. The van der Waals surface area contributed by atoms with Crippen LogP contribution in [0.2, 0.25) is 5.02 Å². The van der Waals surface area contributed by atoms with Crippen molar-refractivity contribution in [3.05, 3.63) is 94.5 Å². The molecule has 1 spiro atoms. The minimum atomic E-state index is -0.213. The van der Waals surface area contributed by atoms with Crippen LogP contribution in [0.5, 0.6) is 5.75 Å². The molecule has 1 aliphatic carbocycles. The van der Waals surface area contributed by atoms with Crippen molar-refractivity contribution >= 4 is 65.5 Å². The lowest BCUT2D eigenvalue weighted by atomic mass is 9.73. The second-order valence-electron chi connectivity index (χ2n) is 13.6.